The first-order chi connectivity index (χ1) is 12.5. The molecule has 134 valence electrons. The van der Waals surface area contributed by atoms with Gasteiger partial charge in [0.05, 0.1) is 22.7 Å². The van der Waals surface area contributed by atoms with E-state index in [1.165, 1.54) is 13.0 Å². The Morgan fingerprint density at radius 2 is 1.96 bits per heavy atom. The van der Waals surface area contributed by atoms with E-state index in [0.717, 1.165) is 5.01 Å². The van der Waals surface area contributed by atoms with Gasteiger partial charge in [0.15, 0.2) is 0 Å². The Balaban J connectivity index is 2.03. The zero-order chi connectivity index (χ0) is 18.7. The number of ether oxygens (including phenoxy) is 2. The highest BCUT2D eigenvalue weighted by Gasteiger charge is 2.37. The Morgan fingerprint density at radius 3 is 2.65 bits per heavy atom. The van der Waals surface area contributed by atoms with Crippen LogP contribution in [0.25, 0.3) is 0 Å². The third kappa shape index (κ3) is 3.21. The van der Waals surface area contributed by atoms with E-state index in [0.29, 0.717) is 17.9 Å². The summed E-state index contributed by atoms with van der Waals surface area (Å²) in [5.41, 5.74) is 0.681. The molecule has 1 aliphatic rings. The molecule has 0 aliphatic carbocycles. The SMILES string of the molecule is CCOc1ccccc1C1=NN(C(C)=O)C(c2ccccc2[N+](=O)[O-])O1. The number of nitro benzene ring substituents is 1. The number of nitro groups is 1. The third-order valence-electron chi connectivity index (χ3n) is 3.78. The van der Waals surface area contributed by atoms with Gasteiger partial charge in [-0.3, -0.25) is 14.9 Å². The van der Waals surface area contributed by atoms with Crippen LogP contribution in [0.5, 0.6) is 5.75 Å². The maximum Gasteiger partial charge on any atom is 0.278 e. The molecule has 1 amide bonds. The van der Waals surface area contributed by atoms with Gasteiger partial charge in [0.1, 0.15) is 5.75 Å². The average Bonchev–Trinajstić information content (AvgIpc) is 3.08. The van der Waals surface area contributed by atoms with E-state index >= 15 is 0 Å². The van der Waals surface area contributed by atoms with E-state index in [2.05, 4.69) is 5.10 Å². The molecule has 0 saturated heterocycles. The predicted molar refractivity (Wildman–Crippen MR) is 93.6 cm³/mol. The number of carbonyl (C=O) groups excluding carboxylic acids is 1. The van der Waals surface area contributed by atoms with E-state index in [1.54, 1.807) is 36.4 Å². The van der Waals surface area contributed by atoms with Gasteiger partial charge < -0.3 is 9.47 Å². The molecule has 2 aromatic rings. The number of hydrogen-bond donors (Lipinski definition) is 0. The van der Waals surface area contributed by atoms with Gasteiger partial charge in [-0.1, -0.05) is 24.3 Å². The van der Waals surface area contributed by atoms with Gasteiger partial charge in [-0.05, 0) is 25.1 Å². The van der Waals surface area contributed by atoms with Crippen LogP contribution in [-0.2, 0) is 9.53 Å². The minimum absolute atomic E-state index is 0.140. The van der Waals surface area contributed by atoms with Crippen molar-refractivity contribution in [2.45, 2.75) is 20.1 Å². The molecule has 1 aliphatic heterocycles. The molecule has 2 aromatic carbocycles. The number of amides is 1. The summed E-state index contributed by atoms with van der Waals surface area (Å²) in [6.45, 7) is 3.63. The molecule has 0 bridgehead atoms. The summed E-state index contributed by atoms with van der Waals surface area (Å²) in [5, 5.41) is 16.7. The molecule has 8 heteroatoms. The van der Waals surface area contributed by atoms with Crippen LogP contribution in [-0.4, -0.2) is 28.3 Å². The zero-order valence-corrected chi connectivity index (χ0v) is 14.3. The first kappa shape index (κ1) is 17.4. The third-order valence-corrected chi connectivity index (χ3v) is 3.78. The fourth-order valence-corrected chi connectivity index (χ4v) is 2.66. The largest absolute Gasteiger partial charge is 0.493 e. The molecular weight excluding hydrogens is 338 g/mol. The van der Waals surface area contributed by atoms with Crippen LogP contribution < -0.4 is 4.74 Å². The lowest BCUT2D eigenvalue weighted by molar-refractivity contribution is -0.386. The second kappa shape index (κ2) is 7.22. The monoisotopic (exact) mass is 355 g/mol. The van der Waals surface area contributed by atoms with Crippen molar-refractivity contribution < 1.29 is 19.2 Å². The number of hydrazone groups is 1. The van der Waals surface area contributed by atoms with Crippen molar-refractivity contribution in [1.82, 2.24) is 5.01 Å². The normalized spacial score (nSPS) is 16.0. The van der Waals surface area contributed by atoms with E-state index in [4.69, 9.17) is 9.47 Å². The van der Waals surface area contributed by atoms with Gasteiger partial charge in [0.2, 0.25) is 18.0 Å². The van der Waals surface area contributed by atoms with Crippen LogP contribution in [0.15, 0.2) is 53.6 Å². The molecule has 1 unspecified atom stereocenters. The van der Waals surface area contributed by atoms with Crippen LogP contribution in [0.1, 0.15) is 31.2 Å². The highest BCUT2D eigenvalue weighted by molar-refractivity contribution is 5.98. The van der Waals surface area contributed by atoms with Gasteiger partial charge in [-0.2, -0.15) is 5.01 Å². The van der Waals surface area contributed by atoms with Gasteiger partial charge in [0.25, 0.3) is 5.69 Å². The van der Waals surface area contributed by atoms with Gasteiger partial charge >= 0.3 is 0 Å². The minimum Gasteiger partial charge on any atom is -0.493 e. The summed E-state index contributed by atoms with van der Waals surface area (Å²) >= 11 is 0. The molecule has 0 fully saturated rings. The second-order valence-electron chi connectivity index (χ2n) is 5.48. The van der Waals surface area contributed by atoms with Crippen molar-refractivity contribution in [3.63, 3.8) is 0 Å². The Bertz CT molecular complexity index is 881. The van der Waals surface area contributed by atoms with Crippen LogP contribution in [0.4, 0.5) is 5.69 Å². The Kier molecular flexibility index (Phi) is 4.83. The highest BCUT2D eigenvalue weighted by atomic mass is 16.6. The molecule has 1 heterocycles. The molecule has 0 spiro atoms. The Morgan fingerprint density at radius 1 is 1.27 bits per heavy atom. The van der Waals surface area contributed by atoms with E-state index < -0.39 is 17.1 Å². The number of benzene rings is 2. The van der Waals surface area contributed by atoms with Gasteiger partial charge in [-0.15, -0.1) is 5.10 Å². The van der Waals surface area contributed by atoms with Crippen molar-refractivity contribution in [1.29, 1.82) is 0 Å². The number of hydrogen-bond acceptors (Lipinski definition) is 6. The van der Waals surface area contributed by atoms with Crippen molar-refractivity contribution in [2.75, 3.05) is 6.61 Å². The Hall–Kier alpha value is -3.42. The van der Waals surface area contributed by atoms with Crippen molar-refractivity contribution >= 4 is 17.5 Å². The van der Waals surface area contributed by atoms with E-state index in [-0.39, 0.29) is 17.1 Å². The molecule has 3 rings (SSSR count). The smallest absolute Gasteiger partial charge is 0.278 e. The lowest BCUT2D eigenvalue weighted by Crippen LogP contribution is -2.25. The molecule has 8 nitrogen and oxygen atoms in total. The van der Waals surface area contributed by atoms with E-state index in [9.17, 15) is 14.9 Å². The summed E-state index contributed by atoms with van der Waals surface area (Å²) in [5.74, 6) is 0.338. The van der Waals surface area contributed by atoms with Crippen molar-refractivity contribution in [3.8, 4) is 5.75 Å². The van der Waals surface area contributed by atoms with Gasteiger partial charge in [0, 0.05) is 13.0 Å². The average molecular weight is 355 g/mol. The first-order valence-corrected chi connectivity index (χ1v) is 8.03. The molecule has 0 saturated carbocycles. The number of carbonyl (C=O) groups is 1. The van der Waals surface area contributed by atoms with E-state index in [1.807, 2.05) is 13.0 Å². The summed E-state index contributed by atoms with van der Waals surface area (Å²) in [7, 11) is 0. The molecular formula is C18H17N3O5. The fraction of sp³-hybridized carbons (Fsp3) is 0.222. The molecule has 1 atom stereocenters. The summed E-state index contributed by atoms with van der Waals surface area (Å²) < 4.78 is 11.4. The predicted octanol–water partition coefficient (Wildman–Crippen LogP) is 3.23. The minimum atomic E-state index is -1.02. The highest BCUT2D eigenvalue weighted by Crippen LogP contribution is 2.36. The summed E-state index contributed by atoms with van der Waals surface area (Å²) in [6, 6.07) is 13.2. The van der Waals surface area contributed by atoms with Crippen molar-refractivity contribution in [2.24, 2.45) is 5.10 Å². The topological polar surface area (TPSA) is 94.3 Å². The first-order valence-electron chi connectivity index (χ1n) is 8.03. The lowest BCUT2D eigenvalue weighted by atomic mass is 10.1. The molecule has 0 radical (unpaired) electrons. The summed E-state index contributed by atoms with van der Waals surface area (Å²) in [6.07, 6.45) is -1.02. The standard InChI is InChI=1S/C18H17N3O5/c1-3-25-16-11-7-5-9-14(16)17-19-20(12(2)22)18(26-17)13-8-4-6-10-15(13)21(23)24/h4-11,18H,3H2,1-2H3. The molecule has 0 aromatic heterocycles. The number of para-hydroxylation sites is 2. The summed E-state index contributed by atoms with van der Waals surface area (Å²) in [4.78, 5) is 22.9. The fourth-order valence-electron chi connectivity index (χ4n) is 2.66. The van der Waals surface area contributed by atoms with Crippen LogP contribution in [0, 0.1) is 10.1 Å². The zero-order valence-electron chi connectivity index (χ0n) is 14.3. The number of nitrogens with zero attached hydrogens (tertiary/aromatic N) is 3. The lowest BCUT2D eigenvalue weighted by Gasteiger charge is -2.19. The van der Waals surface area contributed by atoms with Crippen LogP contribution in [0.3, 0.4) is 0 Å². The maximum absolute atomic E-state index is 12.0. The van der Waals surface area contributed by atoms with Gasteiger partial charge in [-0.25, -0.2) is 0 Å². The quantitative estimate of drug-likeness (QED) is 0.606. The maximum atomic E-state index is 12.0. The molecule has 26 heavy (non-hydrogen) atoms. The van der Waals surface area contributed by atoms with Crippen molar-refractivity contribution in [3.05, 3.63) is 69.8 Å². The Labute approximate surface area is 149 Å². The molecule has 0 N–H and O–H groups in total. The van der Waals surface area contributed by atoms with Crippen LogP contribution in [0.2, 0.25) is 0 Å². The second-order valence-corrected chi connectivity index (χ2v) is 5.48. The number of rotatable bonds is 5. The van der Waals surface area contributed by atoms with Crippen LogP contribution >= 0.6 is 0 Å².